The number of hydrogen-bond donors (Lipinski definition) is 0. The minimum absolute atomic E-state index is 0.120. The lowest BCUT2D eigenvalue weighted by molar-refractivity contribution is -0.148. The zero-order valence-corrected chi connectivity index (χ0v) is 20.6. The Labute approximate surface area is 182 Å². The van der Waals surface area contributed by atoms with Gasteiger partial charge in [0.1, 0.15) is 0 Å². The smallest absolute Gasteiger partial charge is 0.311 e. The number of carbonyl (C=O) groups excluding carboxylic acids is 2. The summed E-state index contributed by atoms with van der Waals surface area (Å²) in [7, 11) is 0. The van der Waals surface area contributed by atoms with Crippen molar-refractivity contribution in [1.29, 1.82) is 0 Å². The maximum Gasteiger partial charge on any atom is 0.311 e. The standard InChI is InChI=1S/C21H39NO3.2C2H6/c1-3-5-7-8-9-10-11-12-13-15-22-18-19(17-20(22)23)21(24)25-16-14-6-4-2;2*1-2/h19H,3-18H2,1-2H3;2*1-2H3. The molecule has 1 unspecified atom stereocenters. The molecule has 1 atom stereocenters. The third-order valence-corrected chi connectivity index (χ3v) is 5.07. The Morgan fingerprint density at radius 1 is 0.828 bits per heavy atom. The quantitative estimate of drug-likeness (QED) is 0.211. The van der Waals surface area contributed by atoms with Crippen molar-refractivity contribution in [3.8, 4) is 0 Å². The third-order valence-electron chi connectivity index (χ3n) is 5.07. The van der Waals surface area contributed by atoms with Gasteiger partial charge in [-0.15, -0.1) is 0 Å². The van der Waals surface area contributed by atoms with Crippen LogP contribution in [0.3, 0.4) is 0 Å². The fourth-order valence-electron chi connectivity index (χ4n) is 3.40. The lowest BCUT2D eigenvalue weighted by Gasteiger charge is -2.16. The van der Waals surface area contributed by atoms with E-state index in [4.69, 9.17) is 4.74 Å². The summed E-state index contributed by atoms with van der Waals surface area (Å²) in [5.74, 6) is -0.304. The number of rotatable bonds is 15. The molecule has 1 aliphatic rings. The zero-order chi connectivity index (χ0) is 22.3. The summed E-state index contributed by atoms with van der Waals surface area (Å²) in [4.78, 5) is 25.9. The molecule has 1 amide bonds. The number of unbranched alkanes of at least 4 members (excludes halogenated alkanes) is 10. The fraction of sp³-hybridized carbons (Fsp3) is 0.920. The van der Waals surface area contributed by atoms with Crippen molar-refractivity contribution >= 4 is 11.9 Å². The van der Waals surface area contributed by atoms with Gasteiger partial charge in [0, 0.05) is 19.5 Å². The molecule has 4 heteroatoms. The van der Waals surface area contributed by atoms with Gasteiger partial charge in [0.15, 0.2) is 0 Å². The normalized spacial score (nSPS) is 15.3. The van der Waals surface area contributed by atoms with Crippen LogP contribution in [0.4, 0.5) is 0 Å². The molecule has 1 rings (SSSR count). The van der Waals surface area contributed by atoms with Gasteiger partial charge in [0.05, 0.1) is 12.5 Å². The predicted molar refractivity (Wildman–Crippen MR) is 125 cm³/mol. The maximum absolute atomic E-state index is 12.1. The van der Waals surface area contributed by atoms with E-state index in [2.05, 4.69) is 13.8 Å². The third kappa shape index (κ3) is 16.4. The molecule has 0 aliphatic carbocycles. The van der Waals surface area contributed by atoms with E-state index < -0.39 is 0 Å². The van der Waals surface area contributed by atoms with Crippen molar-refractivity contribution < 1.29 is 14.3 Å². The Morgan fingerprint density at radius 3 is 1.86 bits per heavy atom. The average Bonchev–Trinajstić information content (AvgIpc) is 3.13. The first-order valence-electron chi connectivity index (χ1n) is 12.6. The lowest BCUT2D eigenvalue weighted by Crippen LogP contribution is -2.27. The number of hydrogen-bond acceptors (Lipinski definition) is 3. The highest BCUT2D eigenvalue weighted by Crippen LogP contribution is 2.20. The molecule has 0 aromatic heterocycles. The predicted octanol–water partition coefficient (Wildman–Crippen LogP) is 7.15. The molecule has 0 spiro atoms. The Morgan fingerprint density at radius 2 is 1.31 bits per heavy atom. The Kier molecular flexibility index (Phi) is 24.1. The van der Waals surface area contributed by atoms with E-state index in [0.29, 0.717) is 19.6 Å². The molecule has 1 aliphatic heterocycles. The molecule has 4 nitrogen and oxygen atoms in total. The molecule has 1 saturated heterocycles. The Hall–Kier alpha value is -1.06. The van der Waals surface area contributed by atoms with Crippen molar-refractivity contribution in [3.05, 3.63) is 0 Å². The Balaban J connectivity index is 0. The van der Waals surface area contributed by atoms with Gasteiger partial charge in [-0.3, -0.25) is 9.59 Å². The van der Waals surface area contributed by atoms with Gasteiger partial charge >= 0.3 is 5.97 Å². The van der Waals surface area contributed by atoms with Crippen LogP contribution >= 0.6 is 0 Å². The van der Waals surface area contributed by atoms with Crippen molar-refractivity contribution in [2.75, 3.05) is 19.7 Å². The highest BCUT2D eigenvalue weighted by molar-refractivity contribution is 5.86. The van der Waals surface area contributed by atoms with E-state index >= 15 is 0 Å². The zero-order valence-electron chi connectivity index (χ0n) is 20.6. The van der Waals surface area contributed by atoms with E-state index in [1.165, 1.54) is 51.4 Å². The van der Waals surface area contributed by atoms with Gasteiger partial charge in [0.2, 0.25) is 5.91 Å². The number of amides is 1. The first kappa shape index (κ1) is 30.1. The minimum Gasteiger partial charge on any atom is -0.465 e. The van der Waals surface area contributed by atoms with Gasteiger partial charge in [-0.2, -0.15) is 0 Å². The highest BCUT2D eigenvalue weighted by Gasteiger charge is 2.34. The number of esters is 1. The van der Waals surface area contributed by atoms with Crippen LogP contribution in [0.15, 0.2) is 0 Å². The lowest BCUT2D eigenvalue weighted by atomic mass is 10.1. The van der Waals surface area contributed by atoms with Crippen molar-refractivity contribution in [1.82, 2.24) is 4.90 Å². The number of carbonyl (C=O) groups is 2. The van der Waals surface area contributed by atoms with Gasteiger partial charge in [-0.05, 0) is 12.8 Å². The van der Waals surface area contributed by atoms with E-state index in [1.807, 2.05) is 32.6 Å². The maximum atomic E-state index is 12.1. The summed E-state index contributed by atoms with van der Waals surface area (Å²) in [6.07, 6.45) is 15.0. The van der Waals surface area contributed by atoms with Crippen LogP contribution in [0.2, 0.25) is 0 Å². The molecule has 29 heavy (non-hydrogen) atoms. The first-order chi connectivity index (χ1) is 14.2. The van der Waals surface area contributed by atoms with Gasteiger partial charge in [0.25, 0.3) is 0 Å². The number of ether oxygens (including phenoxy) is 1. The second-order valence-corrected chi connectivity index (χ2v) is 7.44. The first-order valence-corrected chi connectivity index (χ1v) is 12.6. The molecule has 0 aromatic carbocycles. The van der Waals surface area contributed by atoms with Crippen LogP contribution < -0.4 is 0 Å². The average molecular weight is 414 g/mol. The molecular formula is C25H51NO3. The van der Waals surface area contributed by atoms with Crippen molar-refractivity contribution in [2.24, 2.45) is 5.92 Å². The fourth-order valence-corrected chi connectivity index (χ4v) is 3.40. The van der Waals surface area contributed by atoms with E-state index in [9.17, 15) is 9.59 Å². The largest absolute Gasteiger partial charge is 0.465 e. The van der Waals surface area contributed by atoms with Crippen molar-refractivity contribution in [2.45, 2.75) is 125 Å². The van der Waals surface area contributed by atoms with Gasteiger partial charge in [-0.1, -0.05) is 106 Å². The summed E-state index contributed by atoms with van der Waals surface area (Å²) >= 11 is 0. The van der Waals surface area contributed by atoms with Crippen LogP contribution in [0.5, 0.6) is 0 Å². The minimum atomic E-state index is -0.243. The molecule has 0 radical (unpaired) electrons. The number of nitrogens with zero attached hydrogens (tertiary/aromatic N) is 1. The highest BCUT2D eigenvalue weighted by atomic mass is 16.5. The summed E-state index contributed by atoms with van der Waals surface area (Å²) < 4.78 is 5.30. The van der Waals surface area contributed by atoms with Crippen molar-refractivity contribution in [3.63, 3.8) is 0 Å². The van der Waals surface area contributed by atoms with Crippen LogP contribution in [0.1, 0.15) is 125 Å². The monoisotopic (exact) mass is 413 g/mol. The summed E-state index contributed by atoms with van der Waals surface area (Å²) in [6.45, 7) is 14.2. The molecule has 0 bridgehead atoms. The molecule has 1 heterocycles. The molecule has 0 aromatic rings. The van der Waals surface area contributed by atoms with E-state index in [0.717, 1.165) is 32.2 Å². The Bertz CT molecular complexity index is 371. The van der Waals surface area contributed by atoms with Crippen LogP contribution in [-0.4, -0.2) is 36.5 Å². The topological polar surface area (TPSA) is 46.6 Å². The summed E-state index contributed by atoms with van der Waals surface area (Å²) in [6, 6.07) is 0. The van der Waals surface area contributed by atoms with Gasteiger partial charge in [-0.25, -0.2) is 0 Å². The van der Waals surface area contributed by atoms with Crippen LogP contribution in [0.25, 0.3) is 0 Å². The van der Waals surface area contributed by atoms with Gasteiger partial charge < -0.3 is 9.64 Å². The second kappa shape index (κ2) is 23.2. The molecule has 0 N–H and O–H groups in total. The summed E-state index contributed by atoms with van der Waals surface area (Å²) in [5, 5.41) is 0. The molecule has 0 saturated carbocycles. The van der Waals surface area contributed by atoms with E-state index in [-0.39, 0.29) is 17.8 Å². The molecule has 174 valence electrons. The summed E-state index contributed by atoms with van der Waals surface area (Å²) in [5.41, 5.74) is 0. The van der Waals surface area contributed by atoms with Crippen LogP contribution in [-0.2, 0) is 14.3 Å². The number of likely N-dealkylation sites (tertiary alicyclic amines) is 1. The molecular weight excluding hydrogens is 362 g/mol. The molecule has 1 fully saturated rings. The van der Waals surface area contributed by atoms with E-state index in [1.54, 1.807) is 0 Å². The van der Waals surface area contributed by atoms with Crippen LogP contribution in [0, 0.1) is 5.92 Å². The SMILES string of the molecule is CC.CC.CCCCCCCCCCCN1CC(C(=O)OCCCCC)CC1=O. The second-order valence-electron chi connectivity index (χ2n) is 7.44.